The number of rotatable bonds is 5. The maximum Gasteiger partial charge on any atom is 0.242 e. The van der Waals surface area contributed by atoms with E-state index in [0.717, 1.165) is 32.4 Å². The minimum atomic E-state index is -0.734. The smallest absolute Gasteiger partial charge is 0.242 e. The zero-order valence-electron chi connectivity index (χ0n) is 12.6. The van der Waals surface area contributed by atoms with Gasteiger partial charge in [-0.05, 0) is 38.5 Å². The van der Waals surface area contributed by atoms with Gasteiger partial charge >= 0.3 is 0 Å². The van der Waals surface area contributed by atoms with Crippen molar-refractivity contribution in [1.82, 2.24) is 4.90 Å². The fourth-order valence-corrected chi connectivity index (χ4v) is 3.01. The molecule has 0 spiro atoms. The summed E-state index contributed by atoms with van der Waals surface area (Å²) >= 11 is 0. The molecule has 2 aliphatic heterocycles. The predicted molar refractivity (Wildman–Crippen MR) is 77.4 cm³/mol. The number of nitrogens with two attached hydrogens (primary N) is 1. The average Bonchev–Trinajstić information content (AvgIpc) is 2.48. The van der Waals surface area contributed by atoms with Gasteiger partial charge in [-0.1, -0.05) is 6.92 Å². The van der Waals surface area contributed by atoms with E-state index in [9.17, 15) is 4.79 Å². The molecule has 1 atom stereocenters. The van der Waals surface area contributed by atoms with E-state index in [2.05, 4.69) is 6.92 Å². The van der Waals surface area contributed by atoms with Crippen molar-refractivity contribution in [1.29, 1.82) is 0 Å². The molecule has 5 nitrogen and oxygen atoms in total. The number of amides is 1. The average molecular weight is 284 g/mol. The lowest BCUT2D eigenvalue weighted by atomic mass is 9.89. The lowest BCUT2D eigenvalue weighted by molar-refractivity contribution is -0.143. The third kappa shape index (κ3) is 3.93. The van der Waals surface area contributed by atoms with Crippen molar-refractivity contribution in [2.45, 2.75) is 57.1 Å². The van der Waals surface area contributed by atoms with E-state index in [1.165, 1.54) is 6.42 Å². The molecule has 0 saturated carbocycles. The quantitative estimate of drug-likeness (QED) is 0.826. The topological polar surface area (TPSA) is 64.8 Å². The van der Waals surface area contributed by atoms with Gasteiger partial charge in [-0.25, -0.2) is 0 Å². The highest BCUT2D eigenvalue weighted by atomic mass is 16.5. The third-order valence-electron chi connectivity index (χ3n) is 4.29. The van der Waals surface area contributed by atoms with Crippen LogP contribution in [0.4, 0.5) is 0 Å². The molecular weight excluding hydrogens is 256 g/mol. The SMILES string of the molecule is CCCN(CC1CCCCO1)C(=O)C1(N)CCOCC1. The second-order valence-corrected chi connectivity index (χ2v) is 6.01. The Labute approximate surface area is 121 Å². The second-order valence-electron chi connectivity index (χ2n) is 6.01. The summed E-state index contributed by atoms with van der Waals surface area (Å²) in [5.74, 6) is 0.0804. The Morgan fingerprint density at radius 2 is 2.05 bits per heavy atom. The Kier molecular flexibility index (Phi) is 5.81. The number of nitrogens with zero attached hydrogens (tertiary/aromatic N) is 1. The molecule has 0 aliphatic carbocycles. The number of carbonyl (C=O) groups is 1. The summed E-state index contributed by atoms with van der Waals surface area (Å²) in [4.78, 5) is 14.7. The minimum Gasteiger partial charge on any atom is -0.381 e. The van der Waals surface area contributed by atoms with Crippen LogP contribution < -0.4 is 5.73 Å². The van der Waals surface area contributed by atoms with E-state index in [-0.39, 0.29) is 12.0 Å². The second kappa shape index (κ2) is 7.38. The van der Waals surface area contributed by atoms with Crippen LogP contribution in [0.25, 0.3) is 0 Å². The number of hydrogen-bond acceptors (Lipinski definition) is 4. The molecule has 5 heteroatoms. The van der Waals surface area contributed by atoms with E-state index >= 15 is 0 Å². The van der Waals surface area contributed by atoms with Crippen LogP contribution >= 0.6 is 0 Å². The fourth-order valence-electron chi connectivity index (χ4n) is 3.01. The van der Waals surface area contributed by atoms with Gasteiger partial charge in [0.15, 0.2) is 0 Å². The fraction of sp³-hybridized carbons (Fsp3) is 0.933. The van der Waals surface area contributed by atoms with E-state index in [0.29, 0.717) is 32.6 Å². The van der Waals surface area contributed by atoms with Gasteiger partial charge in [0.2, 0.25) is 5.91 Å². The van der Waals surface area contributed by atoms with Gasteiger partial charge in [0, 0.05) is 32.9 Å². The van der Waals surface area contributed by atoms with E-state index in [4.69, 9.17) is 15.2 Å². The molecule has 2 N–H and O–H groups in total. The highest BCUT2D eigenvalue weighted by molar-refractivity contribution is 5.86. The summed E-state index contributed by atoms with van der Waals surface area (Å²) in [5, 5.41) is 0. The first kappa shape index (κ1) is 15.7. The summed E-state index contributed by atoms with van der Waals surface area (Å²) in [6, 6.07) is 0. The molecule has 2 fully saturated rings. The van der Waals surface area contributed by atoms with Gasteiger partial charge in [-0.15, -0.1) is 0 Å². The molecule has 2 heterocycles. The minimum absolute atomic E-state index is 0.0804. The van der Waals surface area contributed by atoms with Crippen molar-refractivity contribution in [2.75, 3.05) is 32.9 Å². The molecular formula is C15H28N2O3. The molecule has 2 aliphatic rings. The molecule has 116 valence electrons. The number of ether oxygens (including phenoxy) is 2. The van der Waals surface area contributed by atoms with Gasteiger partial charge in [0.05, 0.1) is 11.6 Å². The summed E-state index contributed by atoms with van der Waals surface area (Å²) in [6.07, 6.45) is 5.76. The summed E-state index contributed by atoms with van der Waals surface area (Å²) < 4.78 is 11.1. The van der Waals surface area contributed by atoms with Crippen LogP contribution in [0.3, 0.4) is 0 Å². The summed E-state index contributed by atoms with van der Waals surface area (Å²) in [6.45, 7) is 5.53. The molecule has 0 aromatic heterocycles. The molecule has 0 bridgehead atoms. The zero-order valence-corrected chi connectivity index (χ0v) is 12.6. The Balaban J connectivity index is 1.96. The van der Waals surface area contributed by atoms with Crippen molar-refractivity contribution >= 4 is 5.91 Å². The predicted octanol–water partition coefficient (Wildman–Crippen LogP) is 1.30. The molecule has 0 aromatic carbocycles. The van der Waals surface area contributed by atoms with Gasteiger partial charge in [-0.3, -0.25) is 4.79 Å². The summed E-state index contributed by atoms with van der Waals surface area (Å²) in [7, 11) is 0. The standard InChI is InChI=1S/C15H28N2O3/c1-2-8-17(12-13-5-3-4-9-20-13)14(18)15(16)6-10-19-11-7-15/h13H,2-12,16H2,1H3. The van der Waals surface area contributed by atoms with Crippen molar-refractivity contribution in [2.24, 2.45) is 5.73 Å². The number of hydrogen-bond donors (Lipinski definition) is 1. The molecule has 0 aromatic rings. The maximum absolute atomic E-state index is 12.8. The van der Waals surface area contributed by atoms with E-state index in [1.54, 1.807) is 0 Å². The monoisotopic (exact) mass is 284 g/mol. The third-order valence-corrected chi connectivity index (χ3v) is 4.29. The van der Waals surface area contributed by atoms with Crippen LogP contribution in [0.2, 0.25) is 0 Å². The Bertz CT molecular complexity index is 310. The molecule has 1 unspecified atom stereocenters. The molecule has 2 saturated heterocycles. The first-order valence-electron chi connectivity index (χ1n) is 7.93. The van der Waals surface area contributed by atoms with Gasteiger partial charge in [-0.2, -0.15) is 0 Å². The summed E-state index contributed by atoms with van der Waals surface area (Å²) in [5.41, 5.74) is 5.59. The van der Waals surface area contributed by atoms with Gasteiger partial charge < -0.3 is 20.1 Å². The van der Waals surface area contributed by atoms with Gasteiger partial charge in [0.25, 0.3) is 0 Å². The Hall–Kier alpha value is -0.650. The molecule has 0 radical (unpaired) electrons. The van der Waals surface area contributed by atoms with Crippen molar-refractivity contribution in [3.63, 3.8) is 0 Å². The highest BCUT2D eigenvalue weighted by Gasteiger charge is 2.39. The van der Waals surface area contributed by atoms with Crippen LogP contribution in [0, 0.1) is 0 Å². The van der Waals surface area contributed by atoms with Gasteiger partial charge in [0.1, 0.15) is 0 Å². The van der Waals surface area contributed by atoms with Crippen molar-refractivity contribution in [3.05, 3.63) is 0 Å². The highest BCUT2D eigenvalue weighted by Crippen LogP contribution is 2.22. The van der Waals surface area contributed by atoms with Crippen LogP contribution in [0.1, 0.15) is 45.4 Å². The van der Waals surface area contributed by atoms with E-state index in [1.807, 2.05) is 4.90 Å². The Morgan fingerprint density at radius 1 is 1.30 bits per heavy atom. The van der Waals surface area contributed by atoms with Crippen molar-refractivity contribution in [3.8, 4) is 0 Å². The number of carbonyl (C=O) groups excluding carboxylic acids is 1. The zero-order chi connectivity index (χ0) is 14.4. The van der Waals surface area contributed by atoms with Crippen LogP contribution in [0.5, 0.6) is 0 Å². The van der Waals surface area contributed by atoms with Crippen LogP contribution in [-0.2, 0) is 14.3 Å². The lowest BCUT2D eigenvalue weighted by Crippen LogP contribution is -2.59. The normalized spacial score (nSPS) is 26.2. The van der Waals surface area contributed by atoms with Crippen LogP contribution in [-0.4, -0.2) is 55.4 Å². The Morgan fingerprint density at radius 3 is 2.65 bits per heavy atom. The molecule has 1 amide bonds. The molecule has 20 heavy (non-hydrogen) atoms. The molecule has 2 rings (SSSR count). The largest absolute Gasteiger partial charge is 0.381 e. The first-order chi connectivity index (χ1) is 9.65. The lowest BCUT2D eigenvalue weighted by Gasteiger charge is -2.38. The van der Waals surface area contributed by atoms with Crippen LogP contribution in [0.15, 0.2) is 0 Å². The van der Waals surface area contributed by atoms with E-state index < -0.39 is 5.54 Å². The van der Waals surface area contributed by atoms with Crippen molar-refractivity contribution < 1.29 is 14.3 Å². The first-order valence-corrected chi connectivity index (χ1v) is 7.93. The maximum atomic E-state index is 12.8.